The topological polar surface area (TPSA) is 17.0 Å². The summed E-state index contributed by atoms with van der Waals surface area (Å²) in [4.78, 5) is 1.40. The molecule has 3 heteroatoms. The quantitative estimate of drug-likeness (QED) is 0.740. The van der Waals surface area contributed by atoms with Crippen molar-refractivity contribution >= 4 is 22.2 Å². The molecule has 0 bridgehead atoms. The molecule has 0 amide bonds. The van der Waals surface area contributed by atoms with Gasteiger partial charge in [0.2, 0.25) is 0 Å². The number of nitrogens with one attached hydrogen (secondary N) is 1. The maximum atomic E-state index is 3.58. The molecule has 2 aromatic heterocycles. The van der Waals surface area contributed by atoms with Crippen LogP contribution in [0.2, 0.25) is 0 Å². The molecular weight excluding hydrogens is 252 g/mol. The maximum absolute atomic E-state index is 3.58. The van der Waals surface area contributed by atoms with Gasteiger partial charge >= 0.3 is 0 Å². The van der Waals surface area contributed by atoms with Gasteiger partial charge in [-0.05, 0) is 35.9 Å². The van der Waals surface area contributed by atoms with Crippen LogP contribution in [0.5, 0.6) is 0 Å². The monoisotopic (exact) mass is 270 g/mol. The number of rotatable bonds is 5. The molecule has 0 spiro atoms. The van der Waals surface area contributed by atoms with Gasteiger partial charge in [0, 0.05) is 35.7 Å². The Labute approximate surface area is 117 Å². The third kappa shape index (κ3) is 2.72. The summed E-state index contributed by atoms with van der Waals surface area (Å²) in [6.07, 6.45) is 2.17. The van der Waals surface area contributed by atoms with Crippen LogP contribution >= 0.6 is 11.3 Å². The fraction of sp³-hybridized carbons (Fsp3) is 0.250. The largest absolute Gasteiger partial charge is 0.346 e. The van der Waals surface area contributed by atoms with Gasteiger partial charge in [-0.1, -0.05) is 24.3 Å². The summed E-state index contributed by atoms with van der Waals surface area (Å²) in [5.74, 6) is 0. The Morgan fingerprint density at radius 1 is 1.16 bits per heavy atom. The smallest absolute Gasteiger partial charge is 0.0480 e. The Hall–Kier alpha value is -1.58. The number of hydrogen-bond donors (Lipinski definition) is 1. The number of fused-ring (bicyclic) bond motifs is 1. The zero-order valence-electron chi connectivity index (χ0n) is 11.0. The van der Waals surface area contributed by atoms with Crippen molar-refractivity contribution in [3.63, 3.8) is 0 Å². The first-order chi connectivity index (χ1) is 9.34. The van der Waals surface area contributed by atoms with Crippen LogP contribution in [0.3, 0.4) is 0 Å². The lowest BCUT2D eigenvalue weighted by Crippen LogP contribution is -2.22. The summed E-state index contributed by atoms with van der Waals surface area (Å²) in [5.41, 5.74) is 1.31. The number of para-hydroxylation sites is 1. The van der Waals surface area contributed by atoms with Crippen molar-refractivity contribution in [2.75, 3.05) is 6.54 Å². The second kappa shape index (κ2) is 5.59. The first-order valence-corrected chi connectivity index (χ1v) is 7.53. The molecular formula is C16H18N2S. The van der Waals surface area contributed by atoms with Crippen LogP contribution < -0.4 is 5.32 Å². The molecule has 19 heavy (non-hydrogen) atoms. The summed E-state index contributed by atoms with van der Waals surface area (Å²) in [7, 11) is 0. The zero-order chi connectivity index (χ0) is 13.1. The van der Waals surface area contributed by atoms with E-state index in [9.17, 15) is 0 Å². The Morgan fingerprint density at radius 3 is 2.89 bits per heavy atom. The lowest BCUT2D eigenvalue weighted by molar-refractivity contribution is 0.543. The molecule has 0 saturated carbocycles. The standard InChI is InChI=1S/C16H18N2S/c1-13(16-7-4-12-19-16)17-9-11-18-10-8-14-5-2-3-6-15(14)18/h2-8,10,12-13,17H,9,11H2,1H3. The van der Waals surface area contributed by atoms with E-state index in [1.807, 2.05) is 11.3 Å². The van der Waals surface area contributed by atoms with Crippen molar-refractivity contribution in [2.45, 2.75) is 19.5 Å². The highest BCUT2D eigenvalue weighted by Crippen LogP contribution is 2.18. The molecule has 3 rings (SSSR count). The van der Waals surface area contributed by atoms with Gasteiger partial charge in [0.15, 0.2) is 0 Å². The van der Waals surface area contributed by atoms with E-state index in [1.54, 1.807) is 0 Å². The van der Waals surface area contributed by atoms with Crippen molar-refractivity contribution < 1.29 is 0 Å². The minimum absolute atomic E-state index is 0.432. The van der Waals surface area contributed by atoms with Gasteiger partial charge in [-0.3, -0.25) is 0 Å². The lowest BCUT2D eigenvalue weighted by Gasteiger charge is -2.13. The second-order valence-electron chi connectivity index (χ2n) is 4.76. The number of hydrogen-bond acceptors (Lipinski definition) is 2. The van der Waals surface area contributed by atoms with Crippen LogP contribution in [0.25, 0.3) is 10.9 Å². The third-order valence-corrected chi connectivity index (χ3v) is 4.51. The third-order valence-electron chi connectivity index (χ3n) is 3.45. The number of thiophene rings is 1. The highest BCUT2D eigenvalue weighted by Gasteiger charge is 2.05. The average Bonchev–Trinajstić information content (AvgIpc) is 3.08. The molecule has 0 fully saturated rings. The molecule has 1 atom stereocenters. The van der Waals surface area contributed by atoms with E-state index in [0.29, 0.717) is 6.04 Å². The summed E-state index contributed by atoms with van der Waals surface area (Å²) in [6, 6.07) is 15.4. The van der Waals surface area contributed by atoms with Crippen LogP contribution in [-0.2, 0) is 6.54 Å². The molecule has 0 radical (unpaired) electrons. The van der Waals surface area contributed by atoms with Gasteiger partial charge in [0.25, 0.3) is 0 Å². The molecule has 0 aliphatic rings. The van der Waals surface area contributed by atoms with E-state index >= 15 is 0 Å². The first-order valence-electron chi connectivity index (χ1n) is 6.65. The summed E-state index contributed by atoms with van der Waals surface area (Å²) < 4.78 is 2.31. The van der Waals surface area contributed by atoms with Crippen molar-refractivity contribution in [1.29, 1.82) is 0 Å². The molecule has 0 saturated heterocycles. The fourth-order valence-electron chi connectivity index (χ4n) is 2.38. The van der Waals surface area contributed by atoms with Crippen molar-refractivity contribution in [1.82, 2.24) is 9.88 Å². The SMILES string of the molecule is CC(NCCn1ccc2ccccc21)c1cccs1. The van der Waals surface area contributed by atoms with Gasteiger partial charge in [-0.15, -0.1) is 11.3 Å². The maximum Gasteiger partial charge on any atom is 0.0480 e. The highest BCUT2D eigenvalue weighted by atomic mass is 32.1. The molecule has 0 aliphatic heterocycles. The number of nitrogens with zero attached hydrogens (tertiary/aromatic N) is 1. The molecule has 1 unspecified atom stereocenters. The molecule has 2 nitrogen and oxygen atoms in total. The summed E-state index contributed by atoms with van der Waals surface area (Å²) in [6.45, 7) is 4.21. The predicted octanol–water partition coefficient (Wildman–Crippen LogP) is 4.05. The molecule has 98 valence electrons. The van der Waals surface area contributed by atoms with E-state index in [1.165, 1.54) is 15.8 Å². The van der Waals surface area contributed by atoms with Crippen molar-refractivity contribution in [3.05, 3.63) is 58.9 Å². The van der Waals surface area contributed by atoms with E-state index in [2.05, 4.69) is 70.8 Å². The normalized spacial score (nSPS) is 12.9. The Balaban J connectivity index is 1.61. The van der Waals surface area contributed by atoms with E-state index in [-0.39, 0.29) is 0 Å². The van der Waals surface area contributed by atoms with Crippen LogP contribution in [-0.4, -0.2) is 11.1 Å². The van der Waals surface area contributed by atoms with Crippen LogP contribution in [0.1, 0.15) is 17.8 Å². The van der Waals surface area contributed by atoms with Gasteiger partial charge < -0.3 is 9.88 Å². The van der Waals surface area contributed by atoms with Gasteiger partial charge in [0.1, 0.15) is 0 Å². The van der Waals surface area contributed by atoms with Crippen molar-refractivity contribution in [2.24, 2.45) is 0 Å². The minimum atomic E-state index is 0.432. The van der Waals surface area contributed by atoms with Crippen LogP contribution in [0.15, 0.2) is 54.0 Å². The van der Waals surface area contributed by atoms with E-state index in [4.69, 9.17) is 0 Å². The predicted molar refractivity (Wildman–Crippen MR) is 82.7 cm³/mol. The van der Waals surface area contributed by atoms with E-state index in [0.717, 1.165) is 13.1 Å². The molecule has 1 aromatic carbocycles. The van der Waals surface area contributed by atoms with Crippen molar-refractivity contribution in [3.8, 4) is 0 Å². The molecule has 0 aliphatic carbocycles. The van der Waals surface area contributed by atoms with Crippen LogP contribution in [0, 0.1) is 0 Å². The number of aromatic nitrogens is 1. The van der Waals surface area contributed by atoms with Crippen LogP contribution in [0.4, 0.5) is 0 Å². The highest BCUT2D eigenvalue weighted by molar-refractivity contribution is 7.10. The minimum Gasteiger partial charge on any atom is -0.346 e. The fourth-order valence-corrected chi connectivity index (χ4v) is 3.13. The first kappa shape index (κ1) is 12.5. The Morgan fingerprint density at radius 2 is 2.05 bits per heavy atom. The molecule has 3 aromatic rings. The Kier molecular flexibility index (Phi) is 3.67. The second-order valence-corrected chi connectivity index (χ2v) is 5.74. The average molecular weight is 270 g/mol. The van der Waals surface area contributed by atoms with Gasteiger partial charge in [-0.2, -0.15) is 0 Å². The van der Waals surface area contributed by atoms with Gasteiger partial charge in [0.05, 0.1) is 0 Å². The Bertz CT molecular complexity index is 640. The lowest BCUT2D eigenvalue weighted by atomic mass is 10.2. The number of benzene rings is 1. The molecule has 1 N–H and O–H groups in total. The summed E-state index contributed by atoms with van der Waals surface area (Å²) >= 11 is 1.81. The summed E-state index contributed by atoms with van der Waals surface area (Å²) in [5, 5.41) is 7.02. The van der Waals surface area contributed by atoms with E-state index < -0.39 is 0 Å². The molecule has 2 heterocycles. The zero-order valence-corrected chi connectivity index (χ0v) is 11.9. The van der Waals surface area contributed by atoms with Gasteiger partial charge in [-0.25, -0.2) is 0 Å².